The number of nitro groups is 1. The minimum Gasteiger partial charge on any atom is -0.266 e. The normalized spacial score (nSPS) is 16.6. The molecule has 0 fully saturated rings. The molecule has 1 aromatic carbocycles. The third-order valence-corrected chi connectivity index (χ3v) is 5.96. The summed E-state index contributed by atoms with van der Waals surface area (Å²) in [6.07, 6.45) is 9.03. The van der Waals surface area contributed by atoms with Crippen LogP contribution in [0.3, 0.4) is 0 Å². The average Bonchev–Trinajstić information content (AvgIpc) is 3.11. The van der Waals surface area contributed by atoms with Gasteiger partial charge >= 0.3 is 0 Å². The van der Waals surface area contributed by atoms with Gasteiger partial charge in [-0.2, -0.15) is 5.10 Å². The number of hydrogen-bond donors (Lipinski definition) is 1. The zero-order valence-electron chi connectivity index (χ0n) is 15.1. The fraction of sp³-hybridized carbons (Fsp3) is 0.300. The SMILES string of the molecule is CC[C@H]1CCc2sc(C(=O)N/N=C\C=C\c3ccccc3[N+](=O)[O-])cc2C1. The molecule has 3 rings (SSSR count). The van der Waals surface area contributed by atoms with Crippen LogP contribution in [-0.2, 0) is 12.8 Å². The van der Waals surface area contributed by atoms with Gasteiger partial charge in [0.15, 0.2) is 0 Å². The predicted octanol–water partition coefficient (Wildman–Crippen LogP) is 4.60. The minimum atomic E-state index is -0.430. The maximum atomic E-state index is 12.3. The van der Waals surface area contributed by atoms with Crippen LogP contribution in [-0.4, -0.2) is 17.0 Å². The molecule has 27 heavy (non-hydrogen) atoms. The van der Waals surface area contributed by atoms with Crippen molar-refractivity contribution in [2.45, 2.75) is 32.6 Å². The van der Waals surface area contributed by atoms with E-state index in [0.29, 0.717) is 16.4 Å². The molecule has 6 nitrogen and oxygen atoms in total. The maximum absolute atomic E-state index is 12.3. The fourth-order valence-corrected chi connectivity index (χ4v) is 4.29. The van der Waals surface area contributed by atoms with Crippen molar-refractivity contribution in [2.75, 3.05) is 0 Å². The first kappa shape index (κ1) is 19.0. The van der Waals surface area contributed by atoms with Crippen LogP contribution in [0.2, 0.25) is 0 Å². The number of carbonyl (C=O) groups is 1. The Morgan fingerprint density at radius 3 is 3.04 bits per heavy atom. The molecule has 1 aromatic heterocycles. The lowest BCUT2D eigenvalue weighted by molar-refractivity contribution is -0.385. The molecule has 1 N–H and O–H groups in total. The van der Waals surface area contributed by atoms with E-state index in [4.69, 9.17) is 0 Å². The van der Waals surface area contributed by atoms with Crippen molar-refractivity contribution in [1.29, 1.82) is 0 Å². The van der Waals surface area contributed by atoms with Gasteiger partial charge in [0.1, 0.15) is 0 Å². The number of carbonyl (C=O) groups excluding carboxylic acids is 1. The number of hydrazone groups is 1. The van der Waals surface area contributed by atoms with Gasteiger partial charge in [0.25, 0.3) is 11.6 Å². The van der Waals surface area contributed by atoms with Crippen LogP contribution in [0.5, 0.6) is 0 Å². The van der Waals surface area contributed by atoms with Crippen molar-refractivity contribution in [3.8, 4) is 0 Å². The lowest BCUT2D eigenvalue weighted by Gasteiger charge is -2.19. The Morgan fingerprint density at radius 1 is 1.44 bits per heavy atom. The van der Waals surface area contributed by atoms with Crippen LogP contribution in [0.15, 0.2) is 41.5 Å². The van der Waals surface area contributed by atoms with E-state index in [1.807, 2.05) is 6.07 Å². The zero-order valence-corrected chi connectivity index (χ0v) is 15.9. The number of benzene rings is 1. The summed E-state index contributed by atoms with van der Waals surface area (Å²) in [4.78, 5) is 24.8. The van der Waals surface area contributed by atoms with Crippen molar-refractivity contribution < 1.29 is 9.72 Å². The summed E-state index contributed by atoms with van der Waals surface area (Å²) in [5.41, 5.74) is 4.32. The van der Waals surface area contributed by atoms with E-state index >= 15 is 0 Å². The molecule has 0 spiro atoms. The molecular formula is C20H21N3O3S. The number of amides is 1. The second kappa shape index (κ2) is 8.73. The van der Waals surface area contributed by atoms with Gasteiger partial charge in [-0.25, -0.2) is 5.43 Å². The predicted molar refractivity (Wildman–Crippen MR) is 108 cm³/mol. The van der Waals surface area contributed by atoms with E-state index in [9.17, 15) is 14.9 Å². The van der Waals surface area contributed by atoms with Crippen molar-refractivity contribution in [3.05, 3.63) is 67.4 Å². The quantitative estimate of drug-likeness (QED) is 0.449. The molecule has 140 valence electrons. The molecule has 1 aliphatic carbocycles. The van der Waals surface area contributed by atoms with Crippen molar-refractivity contribution in [2.24, 2.45) is 11.0 Å². The highest BCUT2D eigenvalue weighted by molar-refractivity contribution is 7.14. The number of allylic oxidation sites excluding steroid dienone is 1. The number of nitrogens with zero attached hydrogens (tertiary/aromatic N) is 2. The first-order valence-corrected chi connectivity index (χ1v) is 9.75. The number of aryl methyl sites for hydroxylation is 1. The topological polar surface area (TPSA) is 84.6 Å². The second-order valence-corrected chi connectivity index (χ2v) is 7.61. The highest BCUT2D eigenvalue weighted by Crippen LogP contribution is 2.33. The van der Waals surface area contributed by atoms with E-state index < -0.39 is 4.92 Å². The molecule has 1 heterocycles. The fourth-order valence-electron chi connectivity index (χ4n) is 3.19. The van der Waals surface area contributed by atoms with Crippen LogP contribution in [0.4, 0.5) is 5.69 Å². The summed E-state index contributed by atoms with van der Waals surface area (Å²) in [5.74, 6) is 0.492. The van der Waals surface area contributed by atoms with Gasteiger partial charge in [-0.1, -0.05) is 25.5 Å². The summed E-state index contributed by atoms with van der Waals surface area (Å²) >= 11 is 1.54. The van der Waals surface area contributed by atoms with Crippen LogP contribution in [0, 0.1) is 16.0 Å². The third-order valence-electron chi connectivity index (χ3n) is 4.72. The molecule has 7 heteroatoms. The molecule has 0 unspecified atom stereocenters. The molecule has 1 amide bonds. The molecule has 0 bridgehead atoms. The minimum absolute atomic E-state index is 0.0285. The molecule has 0 aliphatic heterocycles. The Morgan fingerprint density at radius 2 is 2.26 bits per heavy atom. The lowest BCUT2D eigenvalue weighted by atomic mass is 9.87. The zero-order chi connectivity index (χ0) is 19.2. The second-order valence-electron chi connectivity index (χ2n) is 6.47. The van der Waals surface area contributed by atoms with Gasteiger partial charge in [-0.15, -0.1) is 11.3 Å². The van der Waals surface area contributed by atoms with Gasteiger partial charge in [0, 0.05) is 17.2 Å². The number of nitro benzene ring substituents is 1. The van der Waals surface area contributed by atoms with Crippen LogP contribution in [0.25, 0.3) is 6.08 Å². The summed E-state index contributed by atoms with van der Waals surface area (Å²) in [6, 6.07) is 8.43. The largest absolute Gasteiger partial charge is 0.281 e. The summed E-state index contributed by atoms with van der Waals surface area (Å²) in [7, 11) is 0. The number of rotatable bonds is 6. The molecule has 0 saturated heterocycles. The molecule has 0 saturated carbocycles. The van der Waals surface area contributed by atoms with E-state index in [-0.39, 0.29) is 11.6 Å². The van der Waals surface area contributed by atoms with Gasteiger partial charge in [-0.3, -0.25) is 14.9 Å². The van der Waals surface area contributed by atoms with Crippen LogP contribution >= 0.6 is 11.3 Å². The lowest BCUT2D eigenvalue weighted by Crippen LogP contribution is -2.15. The number of fused-ring (bicyclic) bond motifs is 1. The third kappa shape index (κ3) is 4.68. The molecular weight excluding hydrogens is 362 g/mol. The van der Waals surface area contributed by atoms with Crippen molar-refractivity contribution in [3.63, 3.8) is 0 Å². The Hall–Kier alpha value is -2.80. The van der Waals surface area contributed by atoms with Gasteiger partial charge in [0.2, 0.25) is 0 Å². The summed E-state index contributed by atoms with van der Waals surface area (Å²) in [6.45, 7) is 2.21. The highest BCUT2D eigenvalue weighted by Gasteiger charge is 2.21. The highest BCUT2D eigenvalue weighted by atomic mass is 32.1. The van der Waals surface area contributed by atoms with Gasteiger partial charge in [-0.05, 0) is 55.0 Å². The number of nitrogens with one attached hydrogen (secondary N) is 1. The Bertz CT molecular complexity index is 902. The van der Waals surface area contributed by atoms with Gasteiger partial charge in [0.05, 0.1) is 15.4 Å². The molecule has 2 aromatic rings. The molecule has 1 atom stereocenters. The number of hydrogen-bond acceptors (Lipinski definition) is 5. The average molecular weight is 383 g/mol. The van der Waals surface area contributed by atoms with Gasteiger partial charge < -0.3 is 0 Å². The Balaban J connectivity index is 1.58. The first-order chi connectivity index (χ1) is 13.1. The Kier molecular flexibility index (Phi) is 6.13. The van der Waals surface area contributed by atoms with E-state index in [1.54, 1.807) is 41.7 Å². The van der Waals surface area contributed by atoms with Crippen molar-refractivity contribution >= 4 is 35.2 Å². The van der Waals surface area contributed by atoms with Crippen LogP contribution in [0.1, 0.15) is 45.4 Å². The monoisotopic (exact) mass is 383 g/mol. The molecule has 1 aliphatic rings. The van der Waals surface area contributed by atoms with Crippen molar-refractivity contribution in [1.82, 2.24) is 5.43 Å². The first-order valence-electron chi connectivity index (χ1n) is 8.93. The number of para-hydroxylation sites is 1. The smallest absolute Gasteiger partial charge is 0.266 e. The molecule has 0 radical (unpaired) electrons. The summed E-state index contributed by atoms with van der Waals surface area (Å²) < 4.78 is 0. The van der Waals surface area contributed by atoms with E-state index in [2.05, 4.69) is 17.5 Å². The van der Waals surface area contributed by atoms with Crippen LogP contribution < -0.4 is 5.43 Å². The summed E-state index contributed by atoms with van der Waals surface area (Å²) in [5, 5.41) is 14.9. The maximum Gasteiger partial charge on any atom is 0.281 e. The number of thiophene rings is 1. The van der Waals surface area contributed by atoms with E-state index in [0.717, 1.165) is 12.8 Å². The standard InChI is InChI=1S/C20H21N3O3S/c1-2-14-9-10-18-16(12-14)13-19(27-18)20(24)22-21-11-5-7-15-6-3-4-8-17(15)23(25)26/h3-8,11,13-14H,2,9-10,12H2,1H3,(H,22,24)/b7-5+,21-11-/t14-/m0/s1. The Labute approximate surface area is 161 Å². The van der Waals surface area contributed by atoms with E-state index in [1.165, 1.54) is 35.6 Å².